The summed E-state index contributed by atoms with van der Waals surface area (Å²) in [5.74, 6) is 1.69. The number of para-hydroxylation sites is 1. The highest BCUT2D eigenvalue weighted by Crippen LogP contribution is 2.09. The number of hydrogen-bond donors (Lipinski definition) is 1. The molecule has 0 radical (unpaired) electrons. The van der Waals surface area contributed by atoms with Crippen LogP contribution in [0.5, 0.6) is 5.75 Å². The second-order valence-corrected chi connectivity index (χ2v) is 3.56. The van der Waals surface area contributed by atoms with Gasteiger partial charge in [-0.15, -0.1) is 0 Å². The van der Waals surface area contributed by atoms with E-state index in [1.54, 1.807) is 0 Å². The molecule has 4 heteroatoms. The maximum Gasteiger partial charge on any atom is 0.119 e. The summed E-state index contributed by atoms with van der Waals surface area (Å²) in [6.45, 7) is 0.704. The minimum Gasteiger partial charge on any atom is -0.494 e. The van der Waals surface area contributed by atoms with Gasteiger partial charge in [-0.25, -0.2) is 5.26 Å². The van der Waals surface area contributed by atoms with Gasteiger partial charge in [0.15, 0.2) is 0 Å². The van der Waals surface area contributed by atoms with Crippen molar-refractivity contribution in [2.24, 2.45) is 0 Å². The molecule has 0 heterocycles. The lowest BCUT2D eigenvalue weighted by molar-refractivity contribution is -0.116. The summed E-state index contributed by atoms with van der Waals surface area (Å²) in [5, 5.41) is 8.03. The van der Waals surface area contributed by atoms with Crippen molar-refractivity contribution in [1.29, 1.82) is 0 Å². The van der Waals surface area contributed by atoms with Crippen molar-refractivity contribution >= 4 is 12.0 Å². The van der Waals surface area contributed by atoms with Crippen LogP contribution in [0, 0.1) is 0 Å². The van der Waals surface area contributed by atoms with Crippen LogP contribution in [0.1, 0.15) is 12.8 Å². The zero-order valence-electron chi connectivity index (χ0n) is 7.89. The van der Waals surface area contributed by atoms with Crippen LogP contribution < -0.4 is 4.74 Å². The molecule has 0 atom stereocenters. The molecule has 1 rings (SSSR count). The van der Waals surface area contributed by atoms with Crippen molar-refractivity contribution in [2.45, 2.75) is 12.8 Å². The van der Waals surface area contributed by atoms with Gasteiger partial charge in [-0.05, 0) is 25.0 Å². The quantitative estimate of drug-likeness (QED) is 0.328. The predicted molar refractivity (Wildman–Crippen MR) is 57.3 cm³/mol. The monoisotopic (exact) mass is 214 g/mol. The fourth-order valence-corrected chi connectivity index (χ4v) is 1.40. The van der Waals surface area contributed by atoms with Crippen LogP contribution in [0.15, 0.2) is 30.3 Å². The van der Waals surface area contributed by atoms with Gasteiger partial charge >= 0.3 is 0 Å². The molecule has 0 aliphatic carbocycles. The first kappa shape index (κ1) is 11.4. The van der Waals surface area contributed by atoms with Crippen molar-refractivity contribution < 1.29 is 14.3 Å². The minimum atomic E-state index is 0.704. The van der Waals surface area contributed by atoms with Gasteiger partial charge in [0.05, 0.1) is 6.61 Å². The third kappa shape index (κ3) is 5.11. The van der Waals surface area contributed by atoms with E-state index < -0.39 is 0 Å². The van der Waals surface area contributed by atoms with Crippen LogP contribution in [-0.4, -0.2) is 17.6 Å². The molecule has 0 amide bonds. The van der Waals surface area contributed by atoms with Crippen molar-refractivity contribution in [3.05, 3.63) is 30.3 Å². The van der Waals surface area contributed by atoms with Crippen molar-refractivity contribution in [3.8, 4) is 5.75 Å². The van der Waals surface area contributed by atoms with Gasteiger partial charge < -0.3 is 4.74 Å². The maximum absolute atomic E-state index is 8.03. The zero-order chi connectivity index (χ0) is 10.1. The molecule has 0 spiro atoms. The standard InChI is InChI=1S/C10H14O3S/c11-13-14-9-5-4-8-12-10-6-2-1-3-7-10/h1-3,6-7,11H,4-5,8-9H2. The molecule has 0 unspecified atom stereocenters. The van der Waals surface area contributed by atoms with Crippen molar-refractivity contribution in [2.75, 3.05) is 12.4 Å². The van der Waals surface area contributed by atoms with E-state index in [0.29, 0.717) is 6.61 Å². The lowest BCUT2D eigenvalue weighted by atomic mass is 10.3. The zero-order valence-corrected chi connectivity index (χ0v) is 8.70. The number of ether oxygens (including phenoxy) is 1. The molecule has 0 bridgehead atoms. The summed E-state index contributed by atoms with van der Waals surface area (Å²) in [4.78, 5) is 0. The Morgan fingerprint density at radius 3 is 2.64 bits per heavy atom. The molecule has 0 aromatic heterocycles. The highest BCUT2D eigenvalue weighted by Gasteiger charge is 1.92. The smallest absolute Gasteiger partial charge is 0.119 e. The topological polar surface area (TPSA) is 38.7 Å². The van der Waals surface area contributed by atoms with Crippen LogP contribution in [0.2, 0.25) is 0 Å². The van der Waals surface area contributed by atoms with Crippen LogP contribution in [0.25, 0.3) is 0 Å². The summed E-state index contributed by atoms with van der Waals surface area (Å²) in [6.07, 6.45) is 1.93. The Bertz CT molecular complexity index is 228. The van der Waals surface area contributed by atoms with E-state index in [4.69, 9.17) is 9.99 Å². The summed E-state index contributed by atoms with van der Waals surface area (Å²) >= 11 is 1.05. The normalized spacial score (nSPS) is 10.1. The van der Waals surface area contributed by atoms with E-state index in [2.05, 4.69) is 4.33 Å². The SMILES string of the molecule is OOSCCCCOc1ccccc1. The summed E-state index contributed by atoms with van der Waals surface area (Å²) < 4.78 is 9.36. The summed E-state index contributed by atoms with van der Waals surface area (Å²) in [7, 11) is 0. The molecule has 0 saturated carbocycles. The Labute approximate surface area is 88.2 Å². The summed E-state index contributed by atoms with van der Waals surface area (Å²) in [6, 6.07) is 9.73. The van der Waals surface area contributed by atoms with Gasteiger partial charge in [-0.3, -0.25) is 0 Å². The Kier molecular flexibility index (Phi) is 6.23. The van der Waals surface area contributed by atoms with Crippen molar-refractivity contribution in [1.82, 2.24) is 0 Å². The van der Waals surface area contributed by atoms with E-state index in [0.717, 1.165) is 36.4 Å². The molecule has 0 aliphatic rings. The molecular weight excluding hydrogens is 200 g/mol. The lowest BCUT2D eigenvalue weighted by Crippen LogP contribution is -1.97. The molecule has 14 heavy (non-hydrogen) atoms. The van der Waals surface area contributed by atoms with Crippen LogP contribution >= 0.6 is 12.0 Å². The highest BCUT2D eigenvalue weighted by atomic mass is 32.2. The molecule has 0 saturated heterocycles. The molecular formula is C10H14O3S. The first-order valence-electron chi connectivity index (χ1n) is 4.54. The Morgan fingerprint density at radius 2 is 1.93 bits per heavy atom. The minimum absolute atomic E-state index is 0.704. The second-order valence-electron chi connectivity index (χ2n) is 2.77. The van der Waals surface area contributed by atoms with Gasteiger partial charge in [0, 0.05) is 17.8 Å². The molecule has 3 nitrogen and oxygen atoms in total. The lowest BCUT2D eigenvalue weighted by Gasteiger charge is -2.04. The average molecular weight is 214 g/mol. The Morgan fingerprint density at radius 1 is 1.14 bits per heavy atom. The average Bonchev–Trinajstić information content (AvgIpc) is 2.25. The van der Waals surface area contributed by atoms with E-state index in [9.17, 15) is 0 Å². The first-order chi connectivity index (χ1) is 6.93. The molecule has 1 aromatic carbocycles. The Balaban J connectivity index is 1.99. The van der Waals surface area contributed by atoms with E-state index in [-0.39, 0.29) is 0 Å². The molecule has 1 aromatic rings. The van der Waals surface area contributed by atoms with Gasteiger partial charge in [-0.2, -0.15) is 4.33 Å². The number of hydrogen-bond acceptors (Lipinski definition) is 4. The fraction of sp³-hybridized carbons (Fsp3) is 0.400. The van der Waals surface area contributed by atoms with E-state index >= 15 is 0 Å². The van der Waals surface area contributed by atoms with E-state index in [1.807, 2.05) is 30.3 Å². The third-order valence-corrected chi connectivity index (χ3v) is 2.25. The molecule has 1 N–H and O–H groups in total. The van der Waals surface area contributed by atoms with Gasteiger partial charge in [-0.1, -0.05) is 18.2 Å². The fourth-order valence-electron chi connectivity index (χ4n) is 1.01. The molecule has 0 fully saturated rings. The van der Waals surface area contributed by atoms with Crippen LogP contribution in [-0.2, 0) is 4.33 Å². The number of rotatable bonds is 7. The number of benzene rings is 1. The first-order valence-corrected chi connectivity index (χ1v) is 5.45. The van der Waals surface area contributed by atoms with Gasteiger partial charge in [0.1, 0.15) is 5.75 Å². The van der Waals surface area contributed by atoms with Crippen molar-refractivity contribution in [3.63, 3.8) is 0 Å². The third-order valence-electron chi connectivity index (χ3n) is 1.69. The number of unbranched alkanes of at least 4 members (excludes halogenated alkanes) is 1. The molecule has 78 valence electrons. The van der Waals surface area contributed by atoms with Gasteiger partial charge in [0.2, 0.25) is 0 Å². The Hall–Kier alpha value is -0.710. The highest BCUT2D eigenvalue weighted by molar-refractivity contribution is 7.94. The largest absolute Gasteiger partial charge is 0.494 e. The molecule has 0 aliphatic heterocycles. The summed E-state index contributed by atoms with van der Waals surface area (Å²) in [5.41, 5.74) is 0. The van der Waals surface area contributed by atoms with Gasteiger partial charge in [0.25, 0.3) is 0 Å². The second kappa shape index (κ2) is 7.67. The van der Waals surface area contributed by atoms with Crippen LogP contribution in [0.3, 0.4) is 0 Å². The maximum atomic E-state index is 8.03. The van der Waals surface area contributed by atoms with Crippen LogP contribution in [0.4, 0.5) is 0 Å². The van der Waals surface area contributed by atoms with E-state index in [1.165, 1.54) is 0 Å². The predicted octanol–water partition coefficient (Wildman–Crippen LogP) is 2.98.